The number of aromatic nitrogens is 12. The van der Waals surface area contributed by atoms with Gasteiger partial charge in [-0.25, -0.2) is 19.9 Å². The molecule has 296 valence electrons. The highest BCUT2D eigenvalue weighted by atomic mass is 16.5. The van der Waals surface area contributed by atoms with Gasteiger partial charge in [0.2, 0.25) is 11.8 Å². The average Bonchev–Trinajstić information content (AvgIpc) is 3.94. The lowest BCUT2D eigenvalue weighted by Gasteiger charge is -2.14. The highest BCUT2D eigenvalue weighted by molar-refractivity contribution is 5.85. The van der Waals surface area contributed by atoms with E-state index in [0.717, 1.165) is 55.8 Å². The zero-order valence-corrected chi connectivity index (χ0v) is 32.9. The molecule has 0 saturated heterocycles. The van der Waals surface area contributed by atoms with Crippen LogP contribution in [0.15, 0.2) is 134 Å². The smallest absolute Gasteiger partial charge is 0.225 e. The van der Waals surface area contributed by atoms with Crippen LogP contribution in [0, 0.1) is 0 Å². The molecule has 0 spiro atoms. The van der Waals surface area contributed by atoms with Crippen molar-refractivity contribution in [3.05, 3.63) is 146 Å². The summed E-state index contributed by atoms with van der Waals surface area (Å²) in [5, 5.41) is 28.0. The van der Waals surface area contributed by atoms with E-state index in [1.54, 1.807) is 23.3 Å². The Bertz CT molecular complexity index is 2880. The number of benzene rings is 4. The first kappa shape index (κ1) is 37.4. The number of nitrogens with zero attached hydrogens (tertiary/aromatic N) is 12. The summed E-state index contributed by atoms with van der Waals surface area (Å²) in [4.78, 5) is 17.2. The fourth-order valence-electron chi connectivity index (χ4n) is 6.55. The summed E-state index contributed by atoms with van der Waals surface area (Å²) in [7, 11) is 3.24. The average molecular weight is 797 g/mol. The van der Waals surface area contributed by atoms with Crippen molar-refractivity contribution < 1.29 is 18.9 Å². The molecule has 0 amide bonds. The van der Waals surface area contributed by atoms with Crippen molar-refractivity contribution in [1.29, 1.82) is 0 Å². The summed E-state index contributed by atoms with van der Waals surface area (Å²) in [5.74, 6) is 3.55. The van der Waals surface area contributed by atoms with Gasteiger partial charge in [0.25, 0.3) is 0 Å². The second-order valence-electron chi connectivity index (χ2n) is 13.5. The summed E-state index contributed by atoms with van der Waals surface area (Å²) in [5.41, 5.74) is 6.47. The van der Waals surface area contributed by atoms with Crippen molar-refractivity contribution >= 4 is 33.1 Å². The van der Waals surface area contributed by atoms with Crippen LogP contribution >= 0.6 is 0 Å². The van der Waals surface area contributed by atoms with Crippen LogP contribution in [0.25, 0.3) is 55.6 Å². The van der Waals surface area contributed by atoms with Gasteiger partial charge < -0.3 is 18.9 Å². The molecule has 0 aliphatic carbocycles. The van der Waals surface area contributed by atoms with Crippen molar-refractivity contribution in [1.82, 2.24) is 59.6 Å². The highest BCUT2D eigenvalue weighted by Gasteiger charge is 2.21. The van der Waals surface area contributed by atoms with Gasteiger partial charge in [-0.3, -0.25) is 0 Å². The van der Waals surface area contributed by atoms with E-state index in [4.69, 9.17) is 29.1 Å². The van der Waals surface area contributed by atoms with E-state index in [0.29, 0.717) is 34.7 Å². The fourth-order valence-corrected chi connectivity index (χ4v) is 6.55. The van der Waals surface area contributed by atoms with E-state index >= 15 is 0 Å². The molecular weight excluding hydrogens is 761 g/mol. The molecule has 10 aromatic rings. The molecule has 0 bridgehead atoms. The van der Waals surface area contributed by atoms with E-state index in [2.05, 4.69) is 40.3 Å². The van der Waals surface area contributed by atoms with Gasteiger partial charge in [-0.1, -0.05) is 60.7 Å². The number of rotatable bonds is 10. The van der Waals surface area contributed by atoms with Gasteiger partial charge in [0, 0.05) is 23.3 Å². The van der Waals surface area contributed by atoms with E-state index in [1.165, 1.54) is 12.7 Å². The fraction of sp³-hybridized carbons (Fsp3) is 0.136. The zero-order valence-electron chi connectivity index (χ0n) is 32.9. The monoisotopic (exact) mass is 796 g/mol. The minimum absolute atomic E-state index is 0.432. The molecule has 6 aromatic heterocycles. The molecule has 0 unspecified atom stereocenters. The quantitative estimate of drug-likeness (QED) is 0.131. The molecule has 0 fully saturated rings. The van der Waals surface area contributed by atoms with Crippen LogP contribution in [0.2, 0.25) is 0 Å². The predicted octanol–water partition coefficient (Wildman–Crippen LogP) is 7.77. The maximum Gasteiger partial charge on any atom is 0.225 e. The zero-order chi connectivity index (χ0) is 41.0. The van der Waals surface area contributed by atoms with E-state index in [9.17, 15) is 0 Å². The molecule has 10 rings (SSSR count). The highest BCUT2D eigenvalue weighted by Crippen LogP contribution is 2.30. The Labute approximate surface area is 342 Å². The second kappa shape index (κ2) is 16.4. The lowest BCUT2D eigenvalue weighted by Crippen LogP contribution is -2.11. The van der Waals surface area contributed by atoms with Crippen LogP contribution < -0.4 is 18.9 Å². The number of hydrogen-bond acceptors (Lipinski definition) is 14. The van der Waals surface area contributed by atoms with Crippen LogP contribution in [0.4, 0.5) is 0 Å². The molecule has 16 heteroatoms. The summed E-state index contributed by atoms with van der Waals surface area (Å²) in [6, 6.07) is 38.7. The molecular formula is C44H36N12O4. The van der Waals surface area contributed by atoms with Crippen LogP contribution in [-0.2, 0) is 0 Å². The summed E-state index contributed by atoms with van der Waals surface area (Å²) >= 11 is 0. The first-order valence-corrected chi connectivity index (χ1v) is 18.9. The molecule has 0 aliphatic rings. The number of fused-ring (bicyclic) bond motifs is 4. The number of methoxy groups -OCH3 is 2. The van der Waals surface area contributed by atoms with Crippen molar-refractivity contribution in [2.24, 2.45) is 0 Å². The molecule has 0 aliphatic heterocycles. The first-order valence-electron chi connectivity index (χ1n) is 18.9. The van der Waals surface area contributed by atoms with Gasteiger partial charge >= 0.3 is 0 Å². The lowest BCUT2D eigenvalue weighted by molar-refractivity contribution is 0.207. The van der Waals surface area contributed by atoms with Gasteiger partial charge in [-0.2, -0.15) is 19.2 Å². The Morgan fingerprint density at radius 3 is 1.32 bits per heavy atom. The molecule has 16 nitrogen and oxygen atoms in total. The van der Waals surface area contributed by atoms with Gasteiger partial charge in [-0.05, 0) is 62.4 Å². The lowest BCUT2D eigenvalue weighted by atomic mass is 10.1. The van der Waals surface area contributed by atoms with Crippen LogP contribution in [0.5, 0.6) is 23.3 Å². The third-order valence-corrected chi connectivity index (χ3v) is 9.63. The Morgan fingerprint density at radius 2 is 0.900 bits per heavy atom. The minimum Gasteiger partial charge on any atom is -0.497 e. The van der Waals surface area contributed by atoms with E-state index < -0.39 is 12.2 Å². The van der Waals surface area contributed by atoms with Crippen molar-refractivity contribution in [2.45, 2.75) is 26.1 Å². The molecule has 4 aromatic carbocycles. The van der Waals surface area contributed by atoms with Gasteiger partial charge in [0.15, 0.2) is 35.2 Å². The topological polar surface area (TPSA) is 175 Å². The van der Waals surface area contributed by atoms with Crippen molar-refractivity contribution in [2.75, 3.05) is 14.2 Å². The normalized spacial score (nSPS) is 12.2. The molecule has 0 radical (unpaired) electrons. The maximum atomic E-state index is 6.14. The van der Waals surface area contributed by atoms with Crippen LogP contribution in [-0.4, -0.2) is 73.8 Å². The maximum absolute atomic E-state index is 6.14. The Hall–Kier alpha value is -8.14. The van der Waals surface area contributed by atoms with Crippen LogP contribution in [0.1, 0.15) is 37.7 Å². The standard InChI is InChI=1S/2C22H18N6O2/c2*1-14(30-22-17-9-8-16(29-2)12-19(17)23-13-24-22)21-26-25-20-11-10-18(27-28(20)21)15-6-4-3-5-7-15/h2*3-14H,1-2H3/t2*14-/m10/s1. The molecule has 2 atom stereocenters. The van der Waals surface area contributed by atoms with E-state index in [1.807, 2.05) is 135 Å². The third kappa shape index (κ3) is 7.51. The van der Waals surface area contributed by atoms with Crippen LogP contribution in [0.3, 0.4) is 0 Å². The Balaban J connectivity index is 0.000000154. The molecule has 6 heterocycles. The number of ether oxygens (including phenoxy) is 4. The minimum atomic E-state index is -0.432. The van der Waals surface area contributed by atoms with Gasteiger partial charge in [0.05, 0.1) is 47.4 Å². The predicted molar refractivity (Wildman–Crippen MR) is 223 cm³/mol. The molecule has 60 heavy (non-hydrogen) atoms. The number of hydrogen-bond donors (Lipinski definition) is 0. The molecule has 0 N–H and O–H groups in total. The molecule has 0 saturated carbocycles. The first-order chi connectivity index (χ1) is 29.4. The van der Waals surface area contributed by atoms with E-state index in [-0.39, 0.29) is 0 Å². The Kier molecular flexibility index (Phi) is 10.2. The third-order valence-electron chi connectivity index (χ3n) is 9.63. The summed E-state index contributed by atoms with van der Waals surface area (Å²) in [6.45, 7) is 3.79. The Morgan fingerprint density at radius 1 is 0.467 bits per heavy atom. The SMILES string of the molecule is COc1ccc2c(O[C@@H](C)c3nnc4ccc(-c5ccccc5)nn34)ncnc2c1.COc1ccc2c(O[C@H](C)c3nnc4ccc(-c5ccccc5)nn34)ncnc2c1. The summed E-state index contributed by atoms with van der Waals surface area (Å²) in [6.07, 6.45) is 2.08. The summed E-state index contributed by atoms with van der Waals surface area (Å²) < 4.78 is 26.2. The largest absolute Gasteiger partial charge is 0.497 e. The van der Waals surface area contributed by atoms with Gasteiger partial charge in [0.1, 0.15) is 24.2 Å². The van der Waals surface area contributed by atoms with Gasteiger partial charge in [-0.15, -0.1) is 20.4 Å². The van der Waals surface area contributed by atoms with Crippen molar-refractivity contribution in [3.63, 3.8) is 0 Å². The van der Waals surface area contributed by atoms with Crippen molar-refractivity contribution in [3.8, 4) is 45.8 Å². The second-order valence-corrected chi connectivity index (χ2v) is 13.5.